The Bertz CT molecular complexity index is 868. The number of likely N-dealkylation sites (N-methyl/N-ethyl adjacent to an activating group) is 1. The molecule has 0 spiro atoms. The van der Waals surface area contributed by atoms with Gasteiger partial charge in [0.05, 0.1) is 11.9 Å². The van der Waals surface area contributed by atoms with Crippen LogP contribution in [0.25, 0.3) is 22.0 Å². The summed E-state index contributed by atoms with van der Waals surface area (Å²) in [4.78, 5) is 12.8. The molecular weight excluding hydrogens is 284 g/mol. The van der Waals surface area contributed by atoms with E-state index in [1.807, 2.05) is 18.6 Å². The van der Waals surface area contributed by atoms with Crippen molar-refractivity contribution in [2.24, 2.45) is 5.92 Å². The highest BCUT2D eigenvalue weighted by Crippen LogP contribution is 2.35. The largest absolute Gasteiger partial charge is 0.368 e. The zero-order valence-corrected chi connectivity index (χ0v) is 13.2. The van der Waals surface area contributed by atoms with Crippen molar-refractivity contribution < 1.29 is 0 Å². The van der Waals surface area contributed by atoms with Crippen LogP contribution in [0.5, 0.6) is 0 Å². The van der Waals surface area contributed by atoms with E-state index in [-0.39, 0.29) is 0 Å². The highest BCUT2D eigenvalue weighted by Gasteiger charge is 2.43. The summed E-state index contributed by atoms with van der Waals surface area (Å²) in [5, 5.41) is 1.26. The van der Waals surface area contributed by atoms with E-state index in [1.165, 1.54) is 34.3 Å². The lowest BCUT2D eigenvalue weighted by atomic mass is 9.93. The highest BCUT2D eigenvalue weighted by molar-refractivity contribution is 5.95. The molecule has 0 amide bonds. The van der Waals surface area contributed by atoms with Gasteiger partial charge in [0.2, 0.25) is 0 Å². The second-order valence-corrected chi connectivity index (χ2v) is 6.85. The minimum absolute atomic E-state index is 0.728. The Morgan fingerprint density at radius 2 is 2.09 bits per heavy atom. The quantitative estimate of drug-likeness (QED) is 0.790. The molecule has 1 N–H and O–H groups in total. The first-order valence-electron chi connectivity index (χ1n) is 8.26. The van der Waals surface area contributed by atoms with E-state index in [0.717, 1.165) is 25.0 Å². The fourth-order valence-corrected chi connectivity index (χ4v) is 4.20. The van der Waals surface area contributed by atoms with Gasteiger partial charge >= 0.3 is 0 Å². The SMILES string of the molecule is CN1C[C@@H]2CN(c3cncc(-c4cccc5[nH]ccc45)c3)C[C@H]21. The maximum Gasteiger partial charge on any atom is 0.0559 e. The lowest BCUT2D eigenvalue weighted by Crippen LogP contribution is -2.52. The lowest BCUT2D eigenvalue weighted by Gasteiger charge is -2.40. The van der Waals surface area contributed by atoms with Crippen molar-refractivity contribution in [3.8, 4) is 11.1 Å². The van der Waals surface area contributed by atoms with Gasteiger partial charge in [0.1, 0.15) is 0 Å². The molecule has 4 nitrogen and oxygen atoms in total. The number of fused-ring (bicyclic) bond motifs is 2. The van der Waals surface area contributed by atoms with Gasteiger partial charge in [-0.05, 0) is 30.8 Å². The number of pyridine rings is 1. The Morgan fingerprint density at radius 3 is 2.96 bits per heavy atom. The number of benzene rings is 1. The number of nitrogens with one attached hydrogen (secondary N) is 1. The molecule has 0 bridgehead atoms. The molecule has 4 heteroatoms. The molecule has 3 aromatic rings. The number of hydrogen-bond acceptors (Lipinski definition) is 3. The molecule has 2 aliphatic heterocycles. The van der Waals surface area contributed by atoms with Crippen molar-refractivity contribution in [1.29, 1.82) is 0 Å². The van der Waals surface area contributed by atoms with Crippen molar-refractivity contribution in [1.82, 2.24) is 14.9 Å². The Labute approximate surface area is 135 Å². The Kier molecular flexibility index (Phi) is 2.76. The molecule has 2 aliphatic rings. The molecule has 1 aromatic carbocycles. The predicted molar refractivity (Wildman–Crippen MR) is 93.7 cm³/mol. The van der Waals surface area contributed by atoms with E-state index in [4.69, 9.17) is 0 Å². The summed E-state index contributed by atoms with van der Waals surface area (Å²) in [6, 6.07) is 11.6. The van der Waals surface area contributed by atoms with E-state index >= 15 is 0 Å². The third-order valence-electron chi connectivity index (χ3n) is 5.49. The van der Waals surface area contributed by atoms with Crippen molar-refractivity contribution >= 4 is 16.6 Å². The number of likely N-dealkylation sites (tertiary alicyclic amines) is 1. The Balaban J connectivity index is 1.52. The molecule has 2 aromatic heterocycles. The molecule has 2 saturated heterocycles. The smallest absolute Gasteiger partial charge is 0.0559 e. The normalized spacial score (nSPS) is 24.0. The fraction of sp³-hybridized carbons (Fsp3) is 0.316. The third kappa shape index (κ3) is 1.98. The standard InChI is InChI=1S/C19H20N4/c1-22-10-14-11-23(12-19(14)22)15-7-13(8-20-9-15)16-3-2-4-18-17(16)5-6-21-18/h2-9,14,19,21H,10-12H2,1H3/t14-,19-/m1/s1. The van der Waals surface area contributed by atoms with E-state index in [9.17, 15) is 0 Å². The number of aromatic nitrogens is 2. The van der Waals surface area contributed by atoms with Gasteiger partial charge in [-0.3, -0.25) is 4.98 Å². The minimum Gasteiger partial charge on any atom is -0.368 e. The first-order chi connectivity index (χ1) is 11.3. The number of hydrogen-bond donors (Lipinski definition) is 1. The first kappa shape index (κ1) is 13.1. The monoisotopic (exact) mass is 304 g/mol. The molecule has 0 saturated carbocycles. The van der Waals surface area contributed by atoms with Crippen LogP contribution in [0.2, 0.25) is 0 Å². The topological polar surface area (TPSA) is 35.2 Å². The molecule has 5 rings (SSSR count). The van der Waals surface area contributed by atoms with Crippen LogP contribution in [-0.4, -0.2) is 47.6 Å². The van der Waals surface area contributed by atoms with Gasteiger partial charge < -0.3 is 14.8 Å². The van der Waals surface area contributed by atoms with Gasteiger partial charge in [-0.15, -0.1) is 0 Å². The number of H-pyrrole nitrogens is 1. The summed E-state index contributed by atoms with van der Waals surface area (Å²) >= 11 is 0. The van der Waals surface area contributed by atoms with Gasteiger partial charge in [0.15, 0.2) is 0 Å². The number of anilines is 1. The van der Waals surface area contributed by atoms with E-state index in [1.54, 1.807) is 0 Å². The minimum atomic E-state index is 0.728. The van der Waals surface area contributed by atoms with Crippen LogP contribution in [0, 0.1) is 5.92 Å². The van der Waals surface area contributed by atoms with Crippen LogP contribution in [0.3, 0.4) is 0 Å². The van der Waals surface area contributed by atoms with Crippen LogP contribution >= 0.6 is 0 Å². The molecule has 2 atom stereocenters. The lowest BCUT2D eigenvalue weighted by molar-refractivity contribution is 0.0827. The summed E-state index contributed by atoms with van der Waals surface area (Å²) in [6.45, 7) is 3.52. The second-order valence-electron chi connectivity index (χ2n) is 6.85. The van der Waals surface area contributed by atoms with Crippen LogP contribution in [-0.2, 0) is 0 Å². The molecule has 4 heterocycles. The second kappa shape index (κ2) is 4.83. The van der Waals surface area contributed by atoms with Gasteiger partial charge in [-0.25, -0.2) is 0 Å². The van der Waals surface area contributed by atoms with Crippen molar-refractivity contribution in [2.75, 3.05) is 31.6 Å². The van der Waals surface area contributed by atoms with Gasteiger partial charge in [-0.1, -0.05) is 12.1 Å². The van der Waals surface area contributed by atoms with Crippen molar-refractivity contribution in [3.63, 3.8) is 0 Å². The predicted octanol–water partition coefficient (Wildman–Crippen LogP) is 2.98. The van der Waals surface area contributed by atoms with Gasteiger partial charge in [0.25, 0.3) is 0 Å². The summed E-state index contributed by atoms with van der Waals surface area (Å²) in [5.41, 5.74) is 4.87. The maximum absolute atomic E-state index is 4.52. The Hall–Kier alpha value is -2.33. The third-order valence-corrected chi connectivity index (χ3v) is 5.49. The summed E-state index contributed by atoms with van der Waals surface area (Å²) in [6.07, 6.45) is 5.98. The summed E-state index contributed by atoms with van der Waals surface area (Å²) in [5.74, 6) is 0.830. The van der Waals surface area contributed by atoms with E-state index < -0.39 is 0 Å². The molecule has 0 unspecified atom stereocenters. The van der Waals surface area contributed by atoms with E-state index in [2.05, 4.69) is 57.1 Å². The average molecular weight is 304 g/mol. The molecule has 23 heavy (non-hydrogen) atoms. The number of nitrogens with zero attached hydrogens (tertiary/aromatic N) is 3. The first-order valence-corrected chi connectivity index (χ1v) is 8.26. The molecule has 2 fully saturated rings. The molecule has 0 aliphatic carbocycles. The maximum atomic E-state index is 4.52. The summed E-state index contributed by atoms with van der Waals surface area (Å²) in [7, 11) is 2.23. The number of rotatable bonds is 2. The van der Waals surface area contributed by atoms with Gasteiger partial charge in [-0.2, -0.15) is 0 Å². The van der Waals surface area contributed by atoms with Crippen LogP contribution < -0.4 is 4.90 Å². The van der Waals surface area contributed by atoms with Crippen LogP contribution in [0.15, 0.2) is 48.9 Å². The molecule has 116 valence electrons. The molecular formula is C19H20N4. The van der Waals surface area contributed by atoms with Crippen LogP contribution in [0.1, 0.15) is 0 Å². The highest BCUT2D eigenvalue weighted by atomic mass is 15.3. The summed E-state index contributed by atoms with van der Waals surface area (Å²) < 4.78 is 0. The van der Waals surface area contributed by atoms with Crippen molar-refractivity contribution in [3.05, 3.63) is 48.9 Å². The molecule has 0 radical (unpaired) electrons. The van der Waals surface area contributed by atoms with Crippen LogP contribution in [0.4, 0.5) is 5.69 Å². The van der Waals surface area contributed by atoms with Gasteiger partial charge in [0, 0.05) is 60.5 Å². The fourth-order valence-electron chi connectivity index (χ4n) is 4.20. The zero-order valence-electron chi connectivity index (χ0n) is 13.2. The Morgan fingerprint density at radius 1 is 1.13 bits per heavy atom. The number of aromatic amines is 1. The average Bonchev–Trinajstić information content (AvgIpc) is 3.18. The zero-order chi connectivity index (χ0) is 15.4. The van der Waals surface area contributed by atoms with E-state index in [0.29, 0.717) is 0 Å². The van der Waals surface area contributed by atoms with Crippen molar-refractivity contribution in [2.45, 2.75) is 6.04 Å².